The highest BCUT2D eigenvalue weighted by Crippen LogP contribution is 2.54. The summed E-state index contributed by atoms with van der Waals surface area (Å²) in [5.41, 5.74) is -0.269. The molecule has 2 saturated heterocycles. The molecule has 2 fully saturated rings. The van der Waals surface area contributed by atoms with Gasteiger partial charge in [-0.2, -0.15) is 0 Å². The van der Waals surface area contributed by atoms with E-state index in [2.05, 4.69) is 0 Å². The Balaban J connectivity index is 1.38. The smallest absolute Gasteiger partial charge is 0.338 e. The summed E-state index contributed by atoms with van der Waals surface area (Å²) >= 11 is 0. The van der Waals surface area contributed by atoms with Crippen LogP contribution in [0.3, 0.4) is 0 Å². The van der Waals surface area contributed by atoms with Crippen LogP contribution in [-0.4, -0.2) is 48.8 Å². The molecular formula is C24H18O8. The molecule has 3 heterocycles. The topological polar surface area (TPSA) is 105 Å². The van der Waals surface area contributed by atoms with Gasteiger partial charge >= 0.3 is 23.9 Å². The van der Waals surface area contributed by atoms with Gasteiger partial charge < -0.3 is 18.9 Å². The van der Waals surface area contributed by atoms with Crippen LogP contribution < -0.4 is 0 Å². The fourth-order valence-electron chi connectivity index (χ4n) is 4.48. The third-order valence-corrected chi connectivity index (χ3v) is 5.99. The van der Waals surface area contributed by atoms with Gasteiger partial charge in [0.15, 0.2) is 0 Å². The van der Waals surface area contributed by atoms with E-state index in [0.29, 0.717) is 16.7 Å². The quantitative estimate of drug-likeness (QED) is 0.295. The maximum absolute atomic E-state index is 12.5. The first-order valence-electron chi connectivity index (χ1n) is 10.1. The largest absolute Gasteiger partial charge is 0.459 e. The van der Waals surface area contributed by atoms with E-state index >= 15 is 0 Å². The molecule has 0 aliphatic carbocycles. The van der Waals surface area contributed by atoms with Crippen molar-refractivity contribution in [2.45, 2.75) is 11.7 Å². The number of cyclic esters (lactones) is 2. The van der Waals surface area contributed by atoms with E-state index in [9.17, 15) is 19.2 Å². The maximum Gasteiger partial charge on any atom is 0.338 e. The van der Waals surface area contributed by atoms with Crippen molar-refractivity contribution in [3.05, 3.63) is 83.4 Å². The first kappa shape index (κ1) is 20.1. The zero-order valence-corrected chi connectivity index (χ0v) is 16.8. The lowest BCUT2D eigenvalue weighted by Crippen LogP contribution is -2.47. The summed E-state index contributed by atoms with van der Waals surface area (Å²) in [5.74, 6) is -4.34. The summed E-state index contributed by atoms with van der Waals surface area (Å²) in [4.78, 5) is 49.5. The van der Waals surface area contributed by atoms with Crippen molar-refractivity contribution in [2.75, 3.05) is 13.2 Å². The third-order valence-electron chi connectivity index (χ3n) is 5.99. The molecule has 0 spiro atoms. The second-order valence-electron chi connectivity index (χ2n) is 7.79. The molecule has 8 heteroatoms. The molecular weight excluding hydrogens is 416 g/mol. The molecule has 162 valence electrons. The van der Waals surface area contributed by atoms with E-state index in [1.807, 2.05) is 0 Å². The van der Waals surface area contributed by atoms with Crippen LogP contribution in [0.4, 0.5) is 0 Å². The monoisotopic (exact) mass is 434 g/mol. The molecule has 8 nitrogen and oxygen atoms in total. The summed E-state index contributed by atoms with van der Waals surface area (Å²) in [6.07, 6.45) is 0.926. The van der Waals surface area contributed by atoms with Crippen molar-refractivity contribution < 1.29 is 38.1 Å². The Bertz CT molecular complexity index is 1120. The molecule has 0 radical (unpaired) electrons. The van der Waals surface area contributed by atoms with E-state index in [1.165, 1.54) is 0 Å². The van der Waals surface area contributed by atoms with Crippen LogP contribution in [0.5, 0.6) is 0 Å². The lowest BCUT2D eigenvalue weighted by Gasteiger charge is -2.31. The second kappa shape index (κ2) is 7.72. The highest BCUT2D eigenvalue weighted by molar-refractivity contribution is 5.99. The van der Waals surface area contributed by atoms with E-state index in [1.54, 1.807) is 66.7 Å². The molecule has 0 unspecified atom stereocenters. The Hall–Kier alpha value is -3.78. The Kier molecular flexibility index (Phi) is 4.86. The molecule has 3 aliphatic rings. The fraction of sp³-hybridized carbons (Fsp3) is 0.250. The number of rotatable bonds is 6. The van der Waals surface area contributed by atoms with Crippen molar-refractivity contribution in [1.29, 1.82) is 0 Å². The van der Waals surface area contributed by atoms with E-state index < -0.39 is 47.4 Å². The molecule has 4 atom stereocenters. The predicted molar refractivity (Wildman–Crippen MR) is 107 cm³/mol. The van der Waals surface area contributed by atoms with Crippen LogP contribution in [0.2, 0.25) is 0 Å². The van der Waals surface area contributed by atoms with Gasteiger partial charge in [0.25, 0.3) is 0 Å². The van der Waals surface area contributed by atoms with Gasteiger partial charge in [0.2, 0.25) is 0 Å². The van der Waals surface area contributed by atoms with Gasteiger partial charge in [0, 0.05) is 5.57 Å². The number of ether oxygens (including phenoxy) is 4. The van der Waals surface area contributed by atoms with E-state index in [4.69, 9.17) is 18.9 Å². The number of hydrogen-bond acceptors (Lipinski definition) is 8. The van der Waals surface area contributed by atoms with Crippen LogP contribution in [0.25, 0.3) is 0 Å². The van der Waals surface area contributed by atoms with Gasteiger partial charge in [-0.25, -0.2) is 9.59 Å². The average molecular weight is 434 g/mol. The standard InChI is InChI=1S/C24H18O8/c25-20(14-7-3-1-4-8-14)29-12-16-11-17-18-19(23(28)31-22(18)27)24(16,32-17)13-30-21(26)15-9-5-2-6-10-15/h1-11,17-19H,12-13H2/t17-,18-,19+,24+/m1/s1. The maximum atomic E-state index is 12.5. The van der Waals surface area contributed by atoms with Gasteiger partial charge in [-0.3, -0.25) is 9.59 Å². The SMILES string of the molecule is O=C(OCC1=C[C@H]2O[C@]1(COC(=O)c1ccccc1)[C@@H]1C(=O)OC(=O)[C@@H]12)c1ccccc1. The lowest BCUT2D eigenvalue weighted by atomic mass is 9.73. The van der Waals surface area contributed by atoms with Crippen LogP contribution >= 0.6 is 0 Å². The van der Waals surface area contributed by atoms with Crippen LogP contribution in [-0.2, 0) is 28.5 Å². The van der Waals surface area contributed by atoms with Crippen molar-refractivity contribution in [3.8, 4) is 0 Å². The summed E-state index contributed by atoms with van der Waals surface area (Å²) < 4.78 is 21.8. The first-order valence-corrected chi connectivity index (χ1v) is 10.1. The Labute approximate surface area is 182 Å². The highest BCUT2D eigenvalue weighted by Gasteiger charge is 2.70. The van der Waals surface area contributed by atoms with Crippen molar-refractivity contribution in [1.82, 2.24) is 0 Å². The molecule has 2 aromatic rings. The number of carbonyl (C=O) groups excluding carboxylic acids is 4. The summed E-state index contributed by atoms with van der Waals surface area (Å²) in [7, 11) is 0. The Morgan fingerprint density at radius 1 is 0.844 bits per heavy atom. The van der Waals surface area contributed by atoms with Crippen LogP contribution in [0.15, 0.2) is 72.3 Å². The molecule has 0 saturated carbocycles. The molecule has 3 aliphatic heterocycles. The fourth-order valence-corrected chi connectivity index (χ4v) is 4.48. The van der Waals surface area contributed by atoms with E-state index in [0.717, 1.165) is 0 Å². The van der Waals surface area contributed by atoms with Gasteiger partial charge in [-0.05, 0) is 30.3 Å². The number of hydrogen-bond donors (Lipinski definition) is 0. The molecule has 2 bridgehead atoms. The van der Waals surface area contributed by atoms with Crippen LogP contribution in [0, 0.1) is 11.8 Å². The zero-order valence-electron chi connectivity index (χ0n) is 16.8. The highest BCUT2D eigenvalue weighted by atomic mass is 16.6. The van der Waals surface area contributed by atoms with Crippen molar-refractivity contribution >= 4 is 23.9 Å². The third kappa shape index (κ3) is 3.20. The molecule has 0 N–H and O–H groups in total. The van der Waals surface area contributed by atoms with Gasteiger partial charge in [-0.1, -0.05) is 36.4 Å². The number of benzene rings is 2. The van der Waals surface area contributed by atoms with Crippen molar-refractivity contribution in [3.63, 3.8) is 0 Å². The second-order valence-corrected chi connectivity index (χ2v) is 7.79. The summed E-state index contributed by atoms with van der Waals surface area (Å²) in [5, 5.41) is 0. The van der Waals surface area contributed by atoms with Gasteiger partial charge in [0.1, 0.15) is 30.7 Å². The number of fused-ring (bicyclic) bond motifs is 5. The van der Waals surface area contributed by atoms with E-state index in [-0.39, 0.29) is 13.2 Å². The average Bonchev–Trinajstić information content (AvgIpc) is 3.45. The van der Waals surface area contributed by atoms with Crippen molar-refractivity contribution in [2.24, 2.45) is 11.8 Å². The minimum atomic E-state index is -1.43. The number of carbonyl (C=O) groups is 4. The van der Waals surface area contributed by atoms with Gasteiger partial charge in [-0.15, -0.1) is 0 Å². The molecule has 32 heavy (non-hydrogen) atoms. The van der Waals surface area contributed by atoms with Gasteiger partial charge in [0.05, 0.1) is 17.2 Å². The lowest BCUT2D eigenvalue weighted by molar-refractivity contribution is -0.159. The molecule has 5 rings (SSSR count). The molecule has 0 amide bonds. The summed E-state index contributed by atoms with van der Waals surface area (Å²) in [6.45, 7) is -0.507. The van der Waals surface area contributed by atoms with Crippen LogP contribution in [0.1, 0.15) is 20.7 Å². The minimum absolute atomic E-state index is 0.183. The normalized spacial score (nSPS) is 27.5. The summed E-state index contributed by atoms with van der Waals surface area (Å²) in [6, 6.07) is 16.8. The Morgan fingerprint density at radius 3 is 2.06 bits per heavy atom. The Morgan fingerprint density at radius 2 is 1.44 bits per heavy atom. The molecule has 0 aromatic heterocycles. The number of esters is 4. The zero-order chi connectivity index (χ0) is 22.3. The predicted octanol–water partition coefficient (Wildman–Crippen LogP) is 2.09. The first-order chi connectivity index (χ1) is 15.5. The molecule has 2 aromatic carbocycles. The minimum Gasteiger partial charge on any atom is -0.459 e.